The van der Waals surface area contributed by atoms with Crippen LogP contribution in [0.4, 0.5) is 11.6 Å². The van der Waals surface area contributed by atoms with Crippen molar-refractivity contribution in [3.05, 3.63) is 18.5 Å². The number of carbonyl (C=O) groups excluding carboxylic acids is 1. The molecule has 1 aliphatic heterocycles. The first-order chi connectivity index (χ1) is 11.5. The average molecular weight is 331 g/mol. The first-order valence-corrected chi connectivity index (χ1v) is 7.73. The van der Waals surface area contributed by atoms with Crippen LogP contribution in [-0.4, -0.2) is 71.7 Å². The zero-order chi connectivity index (χ0) is 17.1. The van der Waals surface area contributed by atoms with Gasteiger partial charge in [0.1, 0.15) is 18.0 Å². The molecule has 0 spiro atoms. The molecule has 1 atom stereocenters. The molecule has 1 amide bonds. The van der Waals surface area contributed by atoms with Gasteiger partial charge in [0.15, 0.2) is 5.65 Å². The van der Waals surface area contributed by atoms with Crippen molar-refractivity contribution in [1.29, 1.82) is 0 Å². The molecule has 1 saturated heterocycles. The van der Waals surface area contributed by atoms with E-state index in [0.717, 1.165) is 17.7 Å². The standard InChI is InChI=1S/C15H21N7O2/c1-21(8-13(17)23)6-10-7-22(4-5-24-10)15-11-2-3-12(16)20-14(11)18-9-19-15/h2-3,9-10H,4-8H2,1H3,(H2,17,23)(H2,16,18,19,20)/t10-/m0/s1. The van der Waals surface area contributed by atoms with Crippen LogP contribution in [0.3, 0.4) is 0 Å². The largest absolute Gasteiger partial charge is 0.384 e. The number of primary amides is 1. The monoisotopic (exact) mass is 331 g/mol. The maximum absolute atomic E-state index is 11.0. The van der Waals surface area contributed by atoms with Crippen molar-refractivity contribution in [3.8, 4) is 0 Å². The van der Waals surface area contributed by atoms with Crippen molar-refractivity contribution in [1.82, 2.24) is 19.9 Å². The van der Waals surface area contributed by atoms with Crippen LogP contribution < -0.4 is 16.4 Å². The van der Waals surface area contributed by atoms with Crippen LogP contribution in [0.15, 0.2) is 18.5 Å². The van der Waals surface area contributed by atoms with Gasteiger partial charge in [-0.05, 0) is 19.2 Å². The Morgan fingerprint density at radius 1 is 1.46 bits per heavy atom. The van der Waals surface area contributed by atoms with E-state index < -0.39 is 0 Å². The van der Waals surface area contributed by atoms with E-state index in [2.05, 4.69) is 19.9 Å². The summed E-state index contributed by atoms with van der Waals surface area (Å²) in [6, 6.07) is 3.63. The average Bonchev–Trinajstić information content (AvgIpc) is 2.53. The molecule has 1 aliphatic rings. The van der Waals surface area contributed by atoms with Gasteiger partial charge < -0.3 is 21.1 Å². The first-order valence-electron chi connectivity index (χ1n) is 7.73. The number of nitrogen functional groups attached to an aromatic ring is 1. The minimum Gasteiger partial charge on any atom is -0.384 e. The molecule has 0 saturated carbocycles. The van der Waals surface area contributed by atoms with E-state index in [1.807, 2.05) is 18.0 Å². The summed E-state index contributed by atoms with van der Waals surface area (Å²) in [5, 5.41) is 0.859. The molecule has 24 heavy (non-hydrogen) atoms. The van der Waals surface area contributed by atoms with Gasteiger partial charge in [-0.2, -0.15) is 0 Å². The number of pyridine rings is 1. The summed E-state index contributed by atoms with van der Waals surface area (Å²) in [6.07, 6.45) is 1.46. The van der Waals surface area contributed by atoms with E-state index >= 15 is 0 Å². The molecule has 128 valence electrons. The van der Waals surface area contributed by atoms with E-state index in [4.69, 9.17) is 16.2 Å². The maximum Gasteiger partial charge on any atom is 0.231 e. The summed E-state index contributed by atoms with van der Waals surface area (Å²) < 4.78 is 5.80. The third-order valence-corrected chi connectivity index (χ3v) is 3.88. The summed E-state index contributed by atoms with van der Waals surface area (Å²) in [5.74, 6) is 0.897. The summed E-state index contributed by atoms with van der Waals surface area (Å²) in [6.45, 7) is 2.81. The lowest BCUT2D eigenvalue weighted by molar-refractivity contribution is -0.119. The Balaban J connectivity index is 1.76. The quantitative estimate of drug-likeness (QED) is 0.732. The SMILES string of the molecule is CN(CC(N)=O)C[C@H]1CN(c2ncnc3nc(N)ccc23)CCO1. The highest BCUT2D eigenvalue weighted by molar-refractivity contribution is 5.87. The van der Waals surface area contributed by atoms with Gasteiger partial charge in [-0.3, -0.25) is 9.69 Å². The minimum absolute atomic E-state index is 0.0325. The second-order valence-electron chi connectivity index (χ2n) is 5.91. The van der Waals surface area contributed by atoms with Crippen molar-refractivity contribution in [2.75, 3.05) is 50.5 Å². The number of rotatable bonds is 5. The number of nitrogens with two attached hydrogens (primary N) is 2. The molecule has 9 heteroatoms. The molecule has 0 unspecified atom stereocenters. The molecule has 0 aromatic carbocycles. The molecule has 4 N–H and O–H groups in total. The number of nitrogens with zero attached hydrogens (tertiary/aromatic N) is 5. The van der Waals surface area contributed by atoms with Crippen LogP contribution in [0.25, 0.3) is 11.0 Å². The van der Waals surface area contributed by atoms with Gasteiger partial charge in [0.05, 0.1) is 24.6 Å². The number of anilines is 2. The van der Waals surface area contributed by atoms with Gasteiger partial charge in [-0.1, -0.05) is 0 Å². The zero-order valence-electron chi connectivity index (χ0n) is 13.6. The Kier molecular flexibility index (Phi) is 4.72. The number of amides is 1. The highest BCUT2D eigenvalue weighted by Crippen LogP contribution is 2.24. The zero-order valence-corrected chi connectivity index (χ0v) is 13.6. The van der Waals surface area contributed by atoms with Crippen LogP contribution in [0.2, 0.25) is 0 Å². The Morgan fingerprint density at radius 3 is 3.08 bits per heavy atom. The Morgan fingerprint density at radius 2 is 2.29 bits per heavy atom. The van der Waals surface area contributed by atoms with Crippen LogP contribution in [0, 0.1) is 0 Å². The number of fused-ring (bicyclic) bond motifs is 1. The third kappa shape index (κ3) is 3.69. The summed E-state index contributed by atoms with van der Waals surface area (Å²) in [7, 11) is 1.85. The fraction of sp³-hybridized carbons (Fsp3) is 0.467. The molecule has 2 aromatic rings. The number of hydrogen-bond donors (Lipinski definition) is 2. The molecule has 3 heterocycles. The van der Waals surface area contributed by atoms with Gasteiger partial charge in [0.25, 0.3) is 0 Å². The highest BCUT2D eigenvalue weighted by atomic mass is 16.5. The third-order valence-electron chi connectivity index (χ3n) is 3.88. The molecule has 0 aliphatic carbocycles. The van der Waals surface area contributed by atoms with Crippen LogP contribution in [0.1, 0.15) is 0 Å². The second-order valence-corrected chi connectivity index (χ2v) is 5.91. The molecule has 9 nitrogen and oxygen atoms in total. The van der Waals surface area contributed by atoms with E-state index in [1.165, 1.54) is 6.33 Å². The Bertz CT molecular complexity index is 739. The van der Waals surface area contributed by atoms with Gasteiger partial charge in [0.2, 0.25) is 5.91 Å². The lowest BCUT2D eigenvalue weighted by atomic mass is 10.2. The minimum atomic E-state index is -0.351. The van der Waals surface area contributed by atoms with Crippen LogP contribution in [-0.2, 0) is 9.53 Å². The normalized spacial score (nSPS) is 18.2. The van der Waals surface area contributed by atoms with E-state index in [9.17, 15) is 4.79 Å². The van der Waals surface area contributed by atoms with E-state index in [-0.39, 0.29) is 18.6 Å². The smallest absolute Gasteiger partial charge is 0.231 e. The van der Waals surface area contributed by atoms with E-state index in [1.54, 1.807) is 6.07 Å². The Labute approximate surface area is 139 Å². The highest BCUT2D eigenvalue weighted by Gasteiger charge is 2.24. The molecular formula is C15H21N7O2. The number of likely N-dealkylation sites (N-methyl/N-ethyl adjacent to an activating group) is 1. The molecule has 1 fully saturated rings. The predicted octanol–water partition coefficient (Wildman–Crippen LogP) is -0.771. The molecule has 0 bridgehead atoms. The van der Waals surface area contributed by atoms with Crippen LogP contribution in [0.5, 0.6) is 0 Å². The van der Waals surface area contributed by atoms with Gasteiger partial charge in [-0.25, -0.2) is 15.0 Å². The van der Waals surface area contributed by atoms with Crippen molar-refractivity contribution in [3.63, 3.8) is 0 Å². The first kappa shape index (κ1) is 16.3. The van der Waals surface area contributed by atoms with Gasteiger partial charge in [0, 0.05) is 19.6 Å². The fourth-order valence-electron chi connectivity index (χ4n) is 2.90. The van der Waals surface area contributed by atoms with Crippen molar-refractivity contribution >= 4 is 28.6 Å². The lowest BCUT2D eigenvalue weighted by Crippen LogP contribution is -2.48. The topological polar surface area (TPSA) is 123 Å². The number of ether oxygens (including phenoxy) is 1. The Hall–Kier alpha value is -2.52. The summed E-state index contributed by atoms with van der Waals surface area (Å²) in [4.78, 5) is 27.8. The fourth-order valence-corrected chi connectivity index (χ4v) is 2.90. The lowest BCUT2D eigenvalue weighted by Gasteiger charge is -2.35. The second kappa shape index (κ2) is 6.93. The number of morpholine rings is 1. The van der Waals surface area contributed by atoms with Gasteiger partial charge in [-0.15, -0.1) is 0 Å². The van der Waals surface area contributed by atoms with Crippen LogP contribution >= 0.6 is 0 Å². The maximum atomic E-state index is 11.0. The summed E-state index contributed by atoms with van der Waals surface area (Å²) >= 11 is 0. The summed E-state index contributed by atoms with van der Waals surface area (Å²) in [5.41, 5.74) is 11.5. The van der Waals surface area contributed by atoms with E-state index in [0.29, 0.717) is 31.2 Å². The van der Waals surface area contributed by atoms with Gasteiger partial charge >= 0.3 is 0 Å². The van der Waals surface area contributed by atoms with Crippen molar-refractivity contribution < 1.29 is 9.53 Å². The molecular weight excluding hydrogens is 310 g/mol. The molecule has 0 radical (unpaired) electrons. The van der Waals surface area contributed by atoms with Crippen molar-refractivity contribution in [2.24, 2.45) is 5.73 Å². The molecule has 2 aromatic heterocycles. The van der Waals surface area contributed by atoms with Crippen molar-refractivity contribution in [2.45, 2.75) is 6.10 Å². The number of hydrogen-bond acceptors (Lipinski definition) is 8. The number of carbonyl (C=O) groups is 1. The number of aromatic nitrogens is 3. The molecule has 3 rings (SSSR count). The predicted molar refractivity (Wildman–Crippen MR) is 90.4 cm³/mol.